The van der Waals surface area contributed by atoms with Gasteiger partial charge in [-0.2, -0.15) is 0 Å². The Morgan fingerprint density at radius 2 is 2.21 bits per heavy atom. The zero-order chi connectivity index (χ0) is 13.8. The van der Waals surface area contributed by atoms with Crippen LogP contribution in [0.5, 0.6) is 5.75 Å². The van der Waals surface area contributed by atoms with Crippen LogP contribution in [0.25, 0.3) is 0 Å². The number of methoxy groups -OCH3 is 1. The van der Waals surface area contributed by atoms with Gasteiger partial charge in [0.25, 0.3) is 5.91 Å². The summed E-state index contributed by atoms with van der Waals surface area (Å²) in [6, 6.07) is 5.98. The second kappa shape index (κ2) is 6.42. The van der Waals surface area contributed by atoms with Crippen LogP contribution in [-0.2, 0) is 0 Å². The Morgan fingerprint density at radius 3 is 2.74 bits per heavy atom. The third-order valence-corrected chi connectivity index (χ3v) is 4.02. The van der Waals surface area contributed by atoms with Crippen LogP contribution in [0.1, 0.15) is 43.0 Å². The fourth-order valence-electron chi connectivity index (χ4n) is 2.13. The molecule has 1 aromatic carbocycles. The lowest BCUT2D eigenvalue weighted by molar-refractivity contribution is 0.0740. The van der Waals surface area contributed by atoms with Crippen LogP contribution >= 0.6 is 15.9 Å². The molecule has 0 aromatic heterocycles. The molecule has 1 saturated carbocycles. The van der Waals surface area contributed by atoms with E-state index in [4.69, 9.17) is 4.74 Å². The Bertz CT molecular complexity index is 457. The fraction of sp³-hybridized carbons (Fsp3) is 0.533. The van der Waals surface area contributed by atoms with Crippen molar-refractivity contribution in [3.8, 4) is 5.75 Å². The van der Waals surface area contributed by atoms with E-state index in [0.29, 0.717) is 6.04 Å². The second-order valence-electron chi connectivity index (χ2n) is 4.93. The quantitative estimate of drug-likeness (QED) is 0.794. The van der Waals surface area contributed by atoms with E-state index in [1.165, 1.54) is 0 Å². The van der Waals surface area contributed by atoms with Crippen molar-refractivity contribution in [3.05, 3.63) is 28.2 Å². The standard InChI is InChI=1S/C15H20BrNO2/c1-3-4-9-17(12-6-7-12)15(18)11-5-8-14(19-2)13(16)10-11/h5,8,10,12H,3-4,6-7,9H2,1-2H3. The van der Waals surface area contributed by atoms with Crippen molar-refractivity contribution in [2.45, 2.75) is 38.6 Å². The summed E-state index contributed by atoms with van der Waals surface area (Å²) in [7, 11) is 1.62. The van der Waals surface area contributed by atoms with Crippen LogP contribution in [0.2, 0.25) is 0 Å². The summed E-state index contributed by atoms with van der Waals surface area (Å²) >= 11 is 3.43. The first-order valence-corrected chi connectivity index (χ1v) is 7.61. The minimum atomic E-state index is 0.138. The molecule has 0 N–H and O–H groups in total. The van der Waals surface area contributed by atoms with E-state index < -0.39 is 0 Å². The van der Waals surface area contributed by atoms with Crippen LogP contribution in [-0.4, -0.2) is 30.5 Å². The van der Waals surface area contributed by atoms with Gasteiger partial charge in [0.15, 0.2) is 0 Å². The number of nitrogens with zero attached hydrogens (tertiary/aromatic N) is 1. The van der Waals surface area contributed by atoms with Crippen molar-refractivity contribution in [1.29, 1.82) is 0 Å². The smallest absolute Gasteiger partial charge is 0.254 e. The van der Waals surface area contributed by atoms with Gasteiger partial charge in [-0.05, 0) is 53.4 Å². The SMILES string of the molecule is CCCCN(C(=O)c1ccc(OC)c(Br)c1)C1CC1. The Balaban J connectivity index is 2.14. The topological polar surface area (TPSA) is 29.5 Å². The van der Waals surface area contributed by atoms with Gasteiger partial charge in [0.05, 0.1) is 11.6 Å². The van der Waals surface area contributed by atoms with Gasteiger partial charge in [-0.25, -0.2) is 0 Å². The summed E-state index contributed by atoms with van der Waals surface area (Å²) in [5.74, 6) is 0.891. The summed E-state index contributed by atoms with van der Waals surface area (Å²) < 4.78 is 6.02. The van der Waals surface area contributed by atoms with Gasteiger partial charge in [-0.15, -0.1) is 0 Å². The van der Waals surface area contributed by atoms with Gasteiger partial charge in [-0.3, -0.25) is 4.79 Å². The predicted molar refractivity (Wildman–Crippen MR) is 79.7 cm³/mol. The van der Waals surface area contributed by atoms with Gasteiger partial charge in [0.1, 0.15) is 5.75 Å². The summed E-state index contributed by atoms with van der Waals surface area (Å²) in [6.07, 6.45) is 4.47. The average molecular weight is 326 g/mol. The van der Waals surface area contributed by atoms with Gasteiger partial charge in [-0.1, -0.05) is 13.3 Å². The number of ether oxygens (including phenoxy) is 1. The van der Waals surface area contributed by atoms with E-state index in [1.54, 1.807) is 7.11 Å². The Kier molecular flexibility index (Phi) is 4.86. The van der Waals surface area contributed by atoms with E-state index in [9.17, 15) is 4.79 Å². The maximum atomic E-state index is 12.5. The summed E-state index contributed by atoms with van der Waals surface area (Å²) in [4.78, 5) is 14.6. The molecule has 104 valence electrons. The molecule has 1 aliphatic carbocycles. The molecule has 0 atom stereocenters. The molecule has 0 unspecified atom stereocenters. The predicted octanol–water partition coefficient (Wildman–Crippen LogP) is 3.86. The number of unbranched alkanes of at least 4 members (excludes halogenated alkanes) is 1. The van der Waals surface area contributed by atoms with Crippen LogP contribution in [0.4, 0.5) is 0 Å². The highest BCUT2D eigenvalue weighted by atomic mass is 79.9. The molecule has 0 saturated heterocycles. The van der Waals surface area contributed by atoms with Crippen molar-refractivity contribution in [3.63, 3.8) is 0 Å². The number of rotatable bonds is 6. The van der Waals surface area contributed by atoms with Gasteiger partial charge in [0.2, 0.25) is 0 Å². The number of amides is 1. The molecule has 0 heterocycles. The Hall–Kier alpha value is -1.03. The third kappa shape index (κ3) is 3.50. The lowest BCUT2D eigenvalue weighted by Gasteiger charge is -2.22. The van der Waals surface area contributed by atoms with E-state index in [2.05, 4.69) is 22.9 Å². The largest absolute Gasteiger partial charge is 0.496 e. The minimum Gasteiger partial charge on any atom is -0.496 e. The number of carbonyl (C=O) groups is 1. The highest BCUT2D eigenvalue weighted by Crippen LogP contribution is 2.30. The van der Waals surface area contributed by atoms with E-state index >= 15 is 0 Å². The molecule has 0 bridgehead atoms. The molecule has 4 heteroatoms. The number of hydrogen-bond acceptors (Lipinski definition) is 2. The Morgan fingerprint density at radius 1 is 1.47 bits per heavy atom. The molecule has 1 amide bonds. The molecule has 1 aromatic rings. The zero-order valence-electron chi connectivity index (χ0n) is 11.5. The van der Waals surface area contributed by atoms with Crippen molar-refractivity contribution < 1.29 is 9.53 Å². The molecule has 0 spiro atoms. The van der Waals surface area contributed by atoms with Gasteiger partial charge in [0, 0.05) is 18.2 Å². The van der Waals surface area contributed by atoms with Crippen molar-refractivity contribution in [1.82, 2.24) is 4.90 Å². The van der Waals surface area contributed by atoms with E-state index in [0.717, 1.165) is 48.0 Å². The van der Waals surface area contributed by atoms with Crippen LogP contribution in [0.15, 0.2) is 22.7 Å². The summed E-state index contributed by atoms with van der Waals surface area (Å²) in [5.41, 5.74) is 0.732. The highest BCUT2D eigenvalue weighted by Gasteiger charge is 2.32. The first-order chi connectivity index (χ1) is 9.17. The molecule has 3 nitrogen and oxygen atoms in total. The maximum absolute atomic E-state index is 12.5. The first-order valence-electron chi connectivity index (χ1n) is 6.82. The number of benzene rings is 1. The molecule has 2 rings (SSSR count). The summed E-state index contributed by atoms with van der Waals surface area (Å²) in [6.45, 7) is 3.02. The summed E-state index contributed by atoms with van der Waals surface area (Å²) in [5, 5.41) is 0. The maximum Gasteiger partial charge on any atom is 0.254 e. The number of carbonyl (C=O) groups excluding carboxylic acids is 1. The van der Waals surface area contributed by atoms with Gasteiger partial charge >= 0.3 is 0 Å². The number of hydrogen-bond donors (Lipinski definition) is 0. The lowest BCUT2D eigenvalue weighted by atomic mass is 10.1. The van der Waals surface area contributed by atoms with E-state index in [-0.39, 0.29) is 5.91 Å². The van der Waals surface area contributed by atoms with Crippen molar-refractivity contribution >= 4 is 21.8 Å². The van der Waals surface area contributed by atoms with Crippen LogP contribution in [0, 0.1) is 0 Å². The van der Waals surface area contributed by atoms with Crippen molar-refractivity contribution in [2.24, 2.45) is 0 Å². The molecule has 19 heavy (non-hydrogen) atoms. The van der Waals surface area contributed by atoms with Crippen molar-refractivity contribution in [2.75, 3.05) is 13.7 Å². The third-order valence-electron chi connectivity index (χ3n) is 3.40. The molecular weight excluding hydrogens is 306 g/mol. The van der Waals surface area contributed by atoms with Gasteiger partial charge < -0.3 is 9.64 Å². The first kappa shape index (κ1) is 14.4. The van der Waals surface area contributed by atoms with E-state index in [1.807, 2.05) is 23.1 Å². The second-order valence-corrected chi connectivity index (χ2v) is 5.79. The molecule has 1 fully saturated rings. The normalized spacial score (nSPS) is 14.3. The van der Waals surface area contributed by atoms with Crippen LogP contribution < -0.4 is 4.74 Å². The van der Waals surface area contributed by atoms with Crippen LogP contribution in [0.3, 0.4) is 0 Å². The number of halogens is 1. The minimum absolute atomic E-state index is 0.138. The fourth-order valence-corrected chi connectivity index (χ4v) is 2.67. The highest BCUT2D eigenvalue weighted by molar-refractivity contribution is 9.10. The molecule has 0 radical (unpaired) electrons. The molecular formula is C15H20BrNO2. The Labute approximate surface area is 123 Å². The molecule has 0 aliphatic heterocycles. The monoisotopic (exact) mass is 325 g/mol. The average Bonchev–Trinajstić information content (AvgIpc) is 3.23. The zero-order valence-corrected chi connectivity index (χ0v) is 13.1. The molecule has 1 aliphatic rings. The lowest BCUT2D eigenvalue weighted by Crippen LogP contribution is -2.34.